The number of nitro benzene ring substituents is 1. The summed E-state index contributed by atoms with van der Waals surface area (Å²) in [4.78, 5) is 22.2. The van der Waals surface area contributed by atoms with E-state index >= 15 is 0 Å². The van der Waals surface area contributed by atoms with E-state index in [1.807, 2.05) is 0 Å². The molecule has 0 radical (unpaired) electrons. The number of nitriles is 1. The number of nitro groups is 1. The quantitative estimate of drug-likeness (QED) is 0.364. The number of carbonyl (C=O) groups is 1. The molecule has 2 rings (SSSR count). The molecule has 0 spiro atoms. The van der Waals surface area contributed by atoms with Gasteiger partial charge in [0.2, 0.25) is 0 Å². The molecule has 126 valence electrons. The lowest BCUT2D eigenvalue weighted by atomic mass is 10.2. The normalized spacial score (nSPS) is 10.7. The van der Waals surface area contributed by atoms with Crippen molar-refractivity contribution in [1.29, 1.82) is 5.26 Å². The molecule has 2 aromatic rings. The Morgan fingerprint density at radius 1 is 1.32 bits per heavy atom. The Labute approximate surface area is 146 Å². The van der Waals surface area contributed by atoms with Gasteiger partial charge in [0, 0.05) is 18.0 Å². The molecular weight excluding hydrogens is 351 g/mol. The fraction of sp³-hybridized carbons (Fsp3) is 0. The minimum atomic E-state index is -0.817. The Hall–Kier alpha value is -3.44. The van der Waals surface area contributed by atoms with Crippen LogP contribution in [0.1, 0.15) is 0 Å². The molecule has 0 bridgehead atoms. The van der Waals surface area contributed by atoms with E-state index in [2.05, 4.69) is 10.6 Å². The fourth-order valence-electron chi connectivity index (χ4n) is 1.81. The Morgan fingerprint density at radius 3 is 2.68 bits per heavy atom. The predicted molar refractivity (Wildman–Crippen MR) is 90.5 cm³/mol. The summed E-state index contributed by atoms with van der Waals surface area (Å²) < 4.78 is 13.5. The number of nitrogens with zero attached hydrogens (tertiary/aromatic N) is 2. The summed E-state index contributed by atoms with van der Waals surface area (Å²) in [5.41, 5.74) is -0.550. The van der Waals surface area contributed by atoms with E-state index in [4.69, 9.17) is 16.9 Å². The fourth-order valence-corrected chi connectivity index (χ4v) is 1.99. The minimum Gasteiger partial charge on any atom is -0.358 e. The number of anilines is 2. The Morgan fingerprint density at radius 2 is 2.04 bits per heavy atom. The highest BCUT2D eigenvalue weighted by atomic mass is 35.5. The molecule has 2 N–H and O–H groups in total. The van der Waals surface area contributed by atoms with Gasteiger partial charge in [0.1, 0.15) is 22.5 Å². The average molecular weight is 361 g/mol. The number of benzene rings is 2. The largest absolute Gasteiger partial charge is 0.358 e. The van der Waals surface area contributed by atoms with Crippen LogP contribution in [0.2, 0.25) is 5.02 Å². The highest BCUT2D eigenvalue weighted by molar-refractivity contribution is 6.32. The van der Waals surface area contributed by atoms with Gasteiger partial charge in [-0.05, 0) is 24.3 Å². The molecule has 2 aromatic carbocycles. The van der Waals surface area contributed by atoms with Crippen LogP contribution in [-0.4, -0.2) is 10.8 Å². The van der Waals surface area contributed by atoms with Crippen molar-refractivity contribution in [3.8, 4) is 6.07 Å². The standard InChI is InChI=1S/C16H10ClFN4O3/c17-12-6-5-11(7-15(12)22(24)25)21-16(23)10(8-19)9-20-14-4-2-1-3-13(14)18/h1-7,9,20H,(H,21,23)/b10-9-. The third kappa shape index (κ3) is 4.53. The highest BCUT2D eigenvalue weighted by Gasteiger charge is 2.15. The van der Waals surface area contributed by atoms with Crippen LogP contribution < -0.4 is 10.6 Å². The van der Waals surface area contributed by atoms with Crippen LogP contribution in [0.15, 0.2) is 54.2 Å². The number of amides is 1. The molecule has 0 aliphatic heterocycles. The van der Waals surface area contributed by atoms with Crippen LogP contribution in [0.5, 0.6) is 0 Å². The molecule has 25 heavy (non-hydrogen) atoms. The molecule has 9 heteroatoms. The summed E-state index contributed by atoms with van der Waals surface area (Å²) in [6.45, 7) is 0. The Kier molecular flexibility index (Phi) is 5.66. The predicted octanol–water partition coefficient (Wildman–Crippen LogP) is 3.85. The zero-order chi connectivity index (χ0) is 18.4. The van der Waals surface area contributed by atoms with Gasteiger partial charge in [-0.2, -0.15) is 5.26 Å². The molecule has 7 nitrogen and oxygen atoms in total. The van der Waals surface area contributed by atoms with E-state index in [1.54, 1.807) is 12.1 Å². The molecule has 0 saturated carbocycles. The molecule has 0 atom stereocenters. The molecule has 0 aromatic heterocycles. The van der Waals surface area contributed by atoms with E-state index in [-0.39, 0.29) is 27.7 Å². The summed E-state index contributed by atoms with van der Waals surface area (Å²) in [5.74, 6) is -1.37. The van der Waals surface area contributed by atoms with E-state index in [1.165, 1.54) is 30.3 Å². The first-order valence-electron chi connectivity index (χ1n) is 6.79. The first-order chi connectivity index (χ1) is 11.9. The van der Waals surface area contributed by atoms with E-state index < -0.39 is 16.6 Å². The van der Waals surface area contributed by atoms with Crippen LogP contribution >= 0.6 is 11.6 Å². The Balaban J connectivity index is 2.17. The van der Waals surface area contributed by atoms with Crippen molar-refractivity contribution in [3.63, 3.8) is 0 Å². The zero-order valence-electron chi connectivity index (χ0n) is 12.5. The second-order valence-corrected chi connectivity index (χ2v) is 5.08. The second kappa shape index (κ2) is 7.90. The van der Waals surface area contributed by atoms with Crippen LogP contribution in [0.25, 0.3) is 0 Å². The lowest BCUT2D eigenvalue weighted by molar-refractivity contribution is -0.384. The van der Waals surface area contributed by atoms with Crippen LogP contribution in [0.3, 0.4) is 0 Å². The summed E-state index contributed by atoms with van der Waals surface area (Å²) in [5, 5.41) is 24.7. The Bertz CT molecular complexity index is 908. The van der Waals surface area contributed by atoms with Crippen molar-refractivity contribution in [2.45, 2.75) is 0 Å². The molecule has 0 saturated heterocycles. The smallest absolute Gasteiger partial charge is 0.289 e. The number of hydrogen-bond acceptors (Lipinski definition) is 5. The summed E-state index contributed by atoms with van der Waals surface area (Å²) in [6.07, 6.45) is 1.04. The van der Waals surface area contributed by atoms with E-state index in [0.29, 0.717) is 0 Å². The topological polar surface area (TPSA) is 108 Å². The summed E-state index contributed by atoms with van der Waals surface area (Å²) in [6, 6.07) is 11.1. The molecule has 0 aliphatic carbocycles. The number of carbonyl (C=O) groups excluding carboxylic acids is 1. The highest BCUT2D eigenvalue weighted by Crippen LogP contribution is 2.27. The van der Waals surface area contributed by atoms with Gasteiger partial charge < -0.3 is 10.6 Å². The summed E-state index contributed by atoms with van der Waals surface area (Å²) in [7, 11) is 0. The van der Waals surface area contributed by atoms with Gasteiger partial charge in [-0.25, -0.2) is 4.39 Å². The molecule has 0 heterocycles. The lowest BCUT2D eigenvalue weighted by Gasteiger charge is -2.06. The van der Waals surface area contributed by atoms with Gasteiger partial charge in [-0.15, -0.1) is 0 Å². The van der Waals surface area contributed by atoms with Crippen molar-refractivity contribution >= 4 is 34.6 Å². The lowest BCUT2D eigenvalue weighted by Crippen LogP contribution is -2.14. The zero-order valence-corrected chi connectivity index (χ0v) is 13.2. The summed E-state index contributed by atoms with van der Waals surface area (Å²) >= 11 is 5.69. The number of hydrogen-bond donors (Lipinski definition) is 2. The first-order valence-corrected chi connectivity index (χ1v) is 7.17. The van der Waals surface area contributed by atoms with Crippen LogP contribution in [0.4, 0.5) is 21.5 Å². The SMILES string of the molecule is N#C/C(=C/Nc1ccccc1F)C(=O)Nc1ccc(Cl)c([N+](=O)[O-])c1. The van der Waals surface area contributed by atoms with Gasteiger partial charge in [0.25, 0.3) is 11.6 Å². The first kappa shape index (κ1) is 17.9. The minimum absolute atomic E-state index is 0.0831. The van der Waals surface area contributed by atoms with E-state index in [0.717, 1.165) is 12.3 Å². The van der Waals surface area contributed by atoms with Crippen molar-refractivity contribution in [2.75, 3.05) is 10.6 Å². The van der Waals surface area contributed by atoms with Crippen molar-refractivity contribution in [2.24, 2.45) is 0 Å². The molecule has 1 amide bonds. The van der Waals surface area contributed by atoms with E-state index in [9.17, 15) is 19.3 Å². The monoisotopic (exact) mass is 360 g/mol. The molecule has 0 fully saturated rings. The van der Waals surface area contributed by atoms with Gasteiger partial charge in [-0.1, -0.05) is 23.7 Å². The third-order valence-electron chi connectivity index (χ3n) is 3.01. The van der Waals surface area contributed by atoms with Crippen molar-refractivity contribution in [3.05, 3.63) is 75.2 Å². The second-order valence-electron chi connectivity index (χ2n) is 4.67. The maximum atomic E-state index is 13.5. The van der Waals surface area contributed by atoms with Crippen molar-refractivity contribution in [1.82, 2.24) is 0 Å². The number of para-hydroxylation sites is 1. The number of nitrogens with one attached hydrogen (secondary N) is 2. The maximum absolute atomic E-state index is 13.5. The number of halogens is 2. The van der Waals surface area contributed by atoms with Gasteiger partial charge in [0.05, 0.1) is 10.6 Å². The van der Waals surface area contributed by atoms with Gasteiger partial charge in [0.15, 0.2) is 0 Å². The molecule has 0 aliphatic rings. The average Bonchev–Trinajstić information content (AvgIpc) is 2.58. The van der Waals surface area contributed by atoms with Gasteiger partial charge >= 0.3 is 0 Å². The molecular formula is C16H10ClFN4O3. The molecule has 0 unspecified atom stereocenters. The number of rotatable bonds is 5. The van der Waals surface area contributed by atoms with Gasteiger partial charge in [-0.3, -0.25) is 14.9 Å². The van der Waals surface area contributed by atoms with Crippen LogP contribution in [0, 0.1) is 27.3 Å². The van der Waals surface area contributed by atoms with Crippen molar-refractivity contribution < 1.29 is 14.1 Å². The third-order valence-corrected chi connectivity index (χ3v) is 3.33. The maximum Gasteiger partial charge on any atom is 0.289 e. The van der Waals surface area contributed by atoms with Crippen LogP contribution in [-0.2, 0) is 4.79 Å².